The van der Waals surface area contributed by atoms with Crippen LogP contribution in [-0.4, -0.2) is 20.2 Å². The fourth-order valence-corrected chi connectivity index (χ4v) is 3.14. The molecule has 0 fully saturated rings. The Kier molecular flexibility index (Phi) is 3.86. The first-order valence-corrected chi connectivity index (χ1v) is 8.54. The molecule has 0 aliphatic carbocycles. The lowest BCUT2D eigenvalue weighted by molar-refractivity contribution is 0.889. The minimum Gasteiger partial charge on any atom is -0.338 e. The number of aromatic nitrogens is 4. The second-order valence-corrected chi connectivity index (χ2v) is 6.38. The molecule has 0 amide bonds. The maximum Gasteiger partial charge on any atom is 0.170 e. The van der Waals surface area contributed by atoms with Crippen LogP contribution in [-0.2, 0) is 6.42 Å². The van der Waals surface area contributed by atoms with Gasteiger partial charge in [-0.05, 0) is 41.8 Å². The van der Waals surface area contributed by atoms with Crippen molar-refractivity contribution in [1.29, 1.82) is 5.26 Å². The molecule has 0 bridgehead atoms. The highest BCUT2D eigenvalue weighted by Crippen LogP contribution is 2.28. The maximum atomic E-state index is 8.90. The third-order valence-corrected chi connectivity index (χ3v) is 4.83. The van der Waals surface area contributed by atoms with Crippen LogP contribution in [0.25, 0.3) is 22.1 Å². The number of aromatic amines is 1. The fraction of sp³-hybridized carbons (Fsp3) is 0.158. The third-order valence-electron chi connectivity index (χ3n) is 4.30. The number of rotatable bonds is 3. The van der Waals surface area contributed by atoms with E-state index in [0.717, 1.165) is 28.4 Å². The Morgan fingerprint density at radius 1 is 1.16 bits per heavy atom. The molecule has 1 N–H and O–H groups in total. The molecular weight excluding hydrogens is 330 g/mol. The molecule has 25 heavy (non-hydrogen) atoms. The van der Waals surface area contributed by atoms with Gasteiger partial charge in [-0.15, -0.1) is 10.2 Å². The fourth-order valence-electron chi connectivity index (χ4n) is 2.86. The zero-order chi connectivity index (χ0) is 17.4. The number of hydrogen-bond donors (Lipinski definition) is 2. The Bertz CT molecular complexity index is 1110. The Labute approximate surface area is 150 Å². The molecule has 2 aromatic heterocycles. The van der Waals surface area contributed by atoms with E-state index in [1.54, 1.807) is 12.1 Å². The van der Waals surface area contributed by atoms with Crippen molar-refractivity contribution in [3.05, 3.63) is 65.0 Å². The molecule has 0 aliphatic heterocycles. The number of H-pyrrole nitrogens is 1. The molecular formula is C19H15N5S. The minimum absolute atomic E-state index is 0.303. The first-order chi connectivity index (χ1) is 12.2. The average Bonchev–Trinajstić information content (AvgIpc) is 3.04. The van der Waals surface area contributed by atoms with E-state index in [1.165, 1.54) is 5.56 Å². The van der Waals surface area contributed by atoms with Gasteiger partial charge >= 0.3 is 0 Å². The van der Waals surface area contributed by atoms with E-state index in [0.29, 0.717) is 17.0 Å². The summed E-state index contributed by atoms with van der Waals surface area (Å²) in [5.74, 6) is 0.530. The van der Waals surface area contributed by atoms with Crippen molar-refractivity contribution in [2.45, 2.75) is 18.6 Å². The SMILES string of the molecule is CCc1ccc2[nH]c3nc(C(S)c4ccc(C#N)cc4)nnc3c2c1. The molecule has 4 aromatic rings. The van der Waals surface area contributed by atoms with Crippen LogP contribution >= 0.6 is 12.6 Å². The van der Waals surface area contributed by atoms with Crippen LogP contribution in [0.2, 0.25) is 0 Å². The zero-order valence-corrected chi connectivity index (χ0v) is 14.5. The summed E-state index contributed by atoms with van der Waals surface area (Å²) in [5, 5.41) is 18.3. The van der Waals surface area contributed by atoms with E-state index in [4.69, 9.17) is 5.26 Å². The topological polar surface area (TPSA) is 78.2 Å². The summed E-state index contributed by atoms with van der Waals surface area (Å²) in [6.07, 6.45) is 0.971. The lowest BCUT2D eigenvalue weighted by atomic mass is 10.1. The van der Waals surface area contributed by atoms with Gasteiger partial charge in [-0.25, -0.2) is 4.98 Å². The highest BCUT2D eigenvalue weighted by atomic mass is 32.1. The normalized spacial score (nSPS) is 12.4. The molecule has 1 unspecified atom stereocenters. The number of benzene rings is 2. The van der Waals surface area contributed by atoms with Crippen LogP contribution in [0.15, 0.2) is 42.5 Å². The summed E-state index contributed by atoms with van der Waals surface area (Å²) in [5.41, 5.74) is 5.27. The van der Waals surface area contributed by atoms with E-state index >= 15 is 0 Å². The van der Waals surface area contributed by atoms with Crippen molar-refractivity contribution in [1.82, 2.24) is 20.2 Å². The van der Waals surface area contributed by atoms with Crippen LogP contribution in [0.5, 0.6) is 0 Å². The van der Waals surface area contributed by atoms with E-state index < -0.39 is 0 Å². The number of nitrogens with zero attached hydrogens (tertiary/aromatic N) is 4. The molecule has 2 heterocycles. The van der Waals surface area contributed by atoms with Crippen LogP contribution in [0.4, 0.5) is 0 Å². The minimum atomic E-state index is -0.303. The lowest BCUT2D eigenvalue weighted by Crippen LogP contribution is -2.02. The lowest BCUT2D eigenvalue weighted by Gasteiger charge is -2.08. The van der Waals surface area contributed by atoms with Crippen molar-refractivity contribution in [3.63, 3.8) is 0 Å². The van der Waals surface area contributed by atoms with Gasteiger partial charge in [0.15, 0.2) is 11.5 Å². The second-order valence-electron chi connectivity index (χ2n) is 5.86. The molecule has 122 valence electrons. The summed E-state index contributed by atoms with van der Waals surface area (Å²) < 4.78 is 0. The predicted octanol–water partition coefficient (Wildman–Crippen LogP) is 3.96. The smallest absolute Gasteiger partial charge is 0.170 e. The molecule has 0 aliphatic rings. The molecule has 4 rings (SSSR count). The summed E-state index contributed by atoms with van der Waals surface area (Å²) in [4.78, 5) is 7.92. The quantitative estimate of drug-likeness (QED) is 0.551. The van der Waals surface area contributed by atoms with Gasteiger partial charge in [-0.1, -0.05) is 25.1 Å². The predicted molar refractivity (Wildman–Crippen MR) is 101 cm³/mol. The van der Waals surface area contributed by atoms with E-state index in [-0.39, 0.29) is 5.25 Å². The summed E-state index contributed by atoms with van der Waals surface area (Å²) in [7, 11) is 0. The average molecular weight is 345 g/mol. The van der Waals surface area contributed by atoms with Crippen molar-refractivity contribution in [2.24, 2.45) is 0 Å². The van der Waals surface area contributed by atoms with E-state index in [1.807, 2.05) is 12.1 Å². The number of thiol groups is 1. The molecule has 1 atom stereocenters. The largest absolute Gasteiger partial charge is 0.338 e. The van der Waals surface area contributed by atoms with Gasteiger partial charge in [0.05, 0.1) is 16.9 Å². The molecule has 0 saturated heterocycles. The summed E-state index contributed by atoms with van der Waals surface area (Å²) in [6, 6.07) is 15.6. The van der Waals surface area contributed by atoms with E-state index in [2.05, 4.69) is 64.0 Å². The maximum absolute atomic E-state index is 8.90. The molecule has 5 nitrogen and oxygen atoms in total. The standard InChI is InChI=1S/C19H15N5S/c1-2-11-5-8-15-14(9-11)16-18(21-15)22-19(24-23-16)17(25)13-6-3-12(10-20)4-7-13/h3-9,17,25H,2H2,1H3,(H,21,22,24). The summed E-state index contributed by atoms with van der Waals surface area (Å²) in [6.45, 7) is 2.13. The Hall–Kier alpha value is -2.91. The second kappa shape index (κ2) is 6.19. The van der Waals surface area contributed by atoms with Crippen LogP contribution in [0, 0.1) is 11.3 Å². The number of nitriles is 1. The number of nitrogens with one attached hydrogen (secondary N) is 1. The van der Waals surface area contributed by atoms with Gasteiger partial charge in [0, 0.05) is 10.9 Å². The van der Waals surface area contributed by atoms with Gasteiger partial charge in [0.1, 0.15) is 5.52 Å². The first kappa shape index (κ1) is 15.6. The number of fused-ring (bicyclic) bond motifs is 3. The molecule has 6 heteroatoms. The van der Waals surface area contributed by atoms with Gasteiger partial charge in [0.2, 0.25) is 0 Å². The van der Waals surface area contributed by atoms with Gasteiger partial charge in [-0.2, -0.15) is 17.9 Å². The number of aryl methyl sites for hydroxylation is 1. The van der Waals surface area contributed by atoms with Crippen molar-refractivity contribution >= 4 is 34.7 Å². The zero-order valence-electron chi connectivity index (χ0n) is 13.6. The Morgan fingerprint density at radius 2 is 1.96 bits per heavy atom. The monoisotopic (exact) mass is 345 g/mol. The van der Waals surface area contributed by atoms with Crippen LogP contribution in [0.3, 0.4) is 0 Å². The van der Waals surface area contributed by atoms with Crippen LogP contribution in [0.1, 0.15) is 34.7 Å². The molecule has 0 radical (unpaired) electrons. The molecule has 0 spiro atoms. The number of hydrogen-bond acceptors (Lipinski definition) is 5. The van der Waals surface area contributed by atoms with E-state index in [9.17, 15) is 0 Å². The Balaban J connectivity index is 1.77. The summed E-state index contributed by atoms with van der Waals surface area (Å²) >= 11 is 4.63. The molecule has 2 aromatic carbocycles. The van der Waals surface area contributed by atoms with Gasteiger partial charge in [-0.3, -0.25) is 0 Å². The van der Waals surface area contributed by atoms with Gasteiger partial charge < -0.3 is 4.98 Å². The first-order valence-electron chi connectivity index (χ1n) is 8.02. The van der Waals surface area contributed by atoms with Crippen molar-refractivity contribution in [3.8, 4) is 6.07 Å². The molecule has 0 saturated carbocycles. The van der Waals surface area contributed by atoms with Crippen molar-refractivity contribution < 1.29 is 0 Å². The Morgan fingerprint density at radius 3 is 2.68 bits per heavy atom. The highest BCUT2D eigenvalue weighted by Gasteiger charge is 2.16. The third kappa shape index (κ3) is 2.73. The van der Waals surface area contributed by atoms with Crippen molar-refractivity contribution in [2.75, 3.05) is 0 Å². The van der Waals surface area contributed by atoms with Gasteiger partial charge in [0.25, 0.3) is 0 Å². The van der Waals surface area contributed by atoms with Crippen LogP contribution < -0.4 is 0 Å². The highest BCUT2D eigenvalue weighted by molar-refractivity contribution is 7.80.